The van der Waals surface area contributed by atoms with Gasteiger partial charge in [0.2, 0.25) is 0 Å². The van der Waals surface area contributed by atoms with Crippen molar-refractivity contribution < 1.29 is 22.0 Å². The van der Waals surface area contributed by atoms with Gasteiger partial charge in [-0.1, -0.05) is 32.4 Å². The van der Waals surface area contributed by atoms with Gasteiger partial charge in [-0.2, -0.15) is 0 Å². The minimum Gasteiger partial charge on any atom is -0.207 e. The second kappa shape index (κ2) is 10.8. The average molecular weight is 447 g/mol. The van der Waals surface area contributed by atoms with Crippen molar-refractivity contribution in [2.45, 2.75) is 58.8 Å². The third-order valence-electron chi connectivity index (χ3n) is 5.76. The van der Waals surface area contributed by atoms with Crippen LogP contribution in [0.2, 0.25) is 0 Å². The van der Waals surface area contributed by atoms with E-state index in [1.807, 2.05) is 13.0 Å². The SMILES string of the molecule is CCCc1ccc(CCc2cc(F)c(CCc3cc(F)c(CC)c(F)c3)c(F)c2)c(F)c1. The van der Waals surface area contributed by atoms with Gasteiger partial charge in [0.25, 0.3) is 0 Å². The van der Waals surface area contributed by atoms with Crippen molar-refractivity contribution in [3.63, 3.8) is 0 Å². The molecule has 0 unspecified atom stereocenters. The number of hydrogen-bond donors (Lipinski definition) is 0. The van der Waals surface area contributed by atoms with Gasteiger partial charge in [0.1, 0.15) is 29.1 Å². The van der Waals surface area contributed by atoms with Crippen molar-refractivity contribution in [3.8, 4) is 0 Å². The van der Waals surface area contributed by atoms with Crippen LogP contribution in [-0.2, 0) is 38.5 Å². The van der Waals surface area contributed by atoms with E-state index >= 15 is 0 Å². The number of rotatable bonds is 9. The topological polar surface area (TPSA) is 0 Å². The molecule has 0 spiro atoms. The maximum Gasteiger partial charge on any atom is 0.129 e. The largest absolute Gasteiger partial charge is 0.207 e. The van der Waals surface area contributed by atoms with Crippen LogP contribution in [0.4, 0.5) is 22.0 Å². The second-order valence-electron chi connectivity index (χ2n) is 8.11. The molecule has 0 aliphatic heterocycles. The highest BCUT2D eigenvalue weighted by molar-refractivity contribution is 5.31. The third-order valence-corrected chi connectivity index (χ3v) is 5.76. The van der Waals surface area contributed by atoms with Gasteiger partial charge in [-0.3, -0.25) is 0 Å². The van der Waals surface area contributed by atoms with E-state index in [2.05, 4.69) is 0 Å². The number of aryl methyl sites for hydroxylation is 4. The van der Waals surface area contributed by atoms with Gasteiger partial charge >= 0.3 is 0 Å². The van der Waals surface area contributed by atoms with Crippen molar-refractivity contribution in [3.05, 3.63) is 105 Å². The van der Waals surface area contributed by atoms with Gasteiger partial charge in [0.05, 0.1) is 0 Å². The summed E-state index contributed by atoms with van der Waals surface area (Å²) in [6.45, 7) is 3.68. The van der Waals surface area contributed by atoms with E-state index in [9.17, 15) is 22.0 Å². The molecule has 0 aliphatic rings. The van der Waals surface area contributed by atoms with Gasteiger partial charge in [-0.25, -0.2) is 22.0 Å². The van der Waals surface area contributed by atoms with Crippen LogP contribution < -0.4 is 0 Å². The average Bonchev–Trinajstić information content (AvgIpc) is 2.72. The van der Waals surface area contributed by atoms with E-state index in [-0.39, 0.29) is 36.2 Å². The summed E-state index contributed by atoms with van der Waals surface area (Å²) >= 11 is 0. The van der Waals surface area contributed by atoms with E-state index in [0.29, 0.717) is 29.5 Å². The first-order chi connectivity index (χ1) is 15.3. The van der Waals surface area contributed by atoms with Gasteiger partial charge in [0, 0.05) is 11.1 Å². The molecule has 0 fully saturated rings. The summed E-state index contributed by atoms with van der Waals surface area (Å²) in [6.07, 6.45) is 2.69. The summed E-state index contributed by atoms with van der Waals surface area (Å²) in [6, 6.07) is 10.1. The molecular weight excluding hydrogens is 419 g/mol. The Labute approximate surface area is 186 Å². The smallest absolute Gasteiger partial charge is 0.129 e. The summed E-state index contributed by atoms with van der Waals surface area (Å²) in [4.78, 5) is 0. The van der Waals surface area contributed by atoms with Crippen LogP contribution in [-0.4, -0.2) is 0 Å². The molecule has 32 heavy (non-hydrogen) atoms. The molecule has 0 bridgehead atoms. The minimum absolute atomic E-state index is 0.00639. The Morgan fingerprint density at radius 2 is 1.00 bits per heavy atom. The highest BCUT2D eigenvalue weighted by Gasteiger charge is 2.14. The lowest BCUT2D eigenvalue weighted by atomic mass is 9.97. The van der Waals surface area contributed by atoms with Crippen molar-refractivity contribution >= 4 is 0 Å². The standard InChI is InChI=1S/C27H27F5/c1-3-5-17-6-9-20(23(28)12-17)10-7-18-15-26(31)22(27(32)16-18)11-8-19-13-24(29)21(4-2)25(30)14-19/h6,9,12-16H,3-5,7-8,10-11H2,1-2H3. The lowest BCUT2D eigenvalue weighted by Gasteiger charge is -2.11. The number of benzene rings is 3. The molecule has 0 aliphatic carbocycles. The summed E-state index contributed by atoms with van der Waals surface area (Å²) in [7, 11) is 0. The molecule has 0 aromatic heterocycles. The van der Waals surface area contributed by atoms with Crippen molar-refractivity contribution in [2.75, 3.05) is 0 Å². The Kier molecular flexibility index (Phi) is 8.05. The Hall–Kier alpha value is -2.69. The zero-order valence-electron chi connectivity index (χ0n) is 18.4. The molecule has 3 rings (SSSR count). The molecule has 0 radical (unpaired) electrons. The summed E-state index contributed by atoms with van der Waals surface area (Å²) in [5.74, 6) is -3.00. The van der Waals surface area contributed by atoms with Crippen LogP contribution >= 0.6 is 0 Å². The first-order valence-electron chi connectivity index (χ1n) is 11.0. The maximum atomic E-state index is 14.6. The molecule has 5 heteroatoms. The summed E-state index contributed by atoms with van der Waals surface area (Å²) in [5.41, 5.74) is 2.11. The second-order valence-corrected chi connectivity index (χ2v) is 8.11. The predicted molar refractivity (Wildman–Crippen MR) is 117 cm³/mol. The zero-order valence-corrected chi connectivity index (χ0v) is 18.4. The predicted octanol–water partition coefficient (Wildman–Crippen LogP) is 7.47. The third kappa shape index (κ3) is 5.76. The minimum atomic E-state index is -0.704. The Morgan fingerprint density at radius 1 is 0.500 bits per heavy atom. The van der Waals surface area contributed by atoms with Gasteiger partial charge in [-0.15, -0.1) is 0 Å². The van der Waals surface area contributed by atoms with Gasteiger partial charge < -0.3 is 0 Å². The monoisotopic (exact) mass is 446 g/mol. The summed E-state index contributed by atoms with van der Waals surface area (Å²) in [5, 5.41) is 0. The highest BCUT2D eigenvalue weighted by atomic mass is 19.1. The van der Waals surface area contributed by atoms with Crippen LogP contribution in [0.3, 0.4) is 0 Å². The van der Waals surface area contributed by atoms with Crippen molar-refractivity contribution in [1.29, 1.82) is 0 Å². The van der Waals surface area contributed by atoms with E-state index < -0.39 is 23.3 Å². The molecule has 0 atom stereocenters. The molecule has 0 saturated heterocycles. The maximum absolute atomic E-state index is 14.6. The fourth-order valence-corrected chi connectivity index (χ4v) is 3.96. The zero-order chi connectivity index (χ0) is 23.3. The first-order valence-corrected chi connectivity index (χ1v) is 11.0. The van der Waals surface area contributed by atoms with Gasteiger partial charge in [0.15, 0.2) is 0 Å². The van der Waals surface area contributed by atoms with E-state index in [4.69, 9.17) is 0 Å². The lowest BCUT2D eigenvalue weighted by Crippen LogP contribution is -2.04. The Bertz CT molecular complexity index is 1040. The van der Waals surface area contributed by atoms with E-state index in [1.165, 1.54) is 30.3 Å². The van der Waals surface area contributed by atoms with Crippen molar-refractivity contribution in [1.82, 2.24) is 0 Å². The van der Waals surface area contributed by atoms with Crippen LogP contribution in [0.15, 0.2) is 42.5 Å². The quantitative estimate of drug-likeness (QED) is 0.299. The molecule has 0 amide bonds. The fourth-order valence-electron chi connectivity index (χ4n) is 3.96. The summed E-state index contributed by atoms with van der Waals surface area (Å²) < 4.78 is 71.3. The number of halogens is 5. The van der Waals surface area contributed by atoms with Crippen molar-refractivity contribution in [2.24, 2.45) is 0 Å². The van der Waals surface area contributed by atoms with Crippen LogP contribution in [0.1, 0.15) is 53.6 Å². The van der Waals surface area contributed by atoms with E-state index in [0.717, 1.165) is 18.4 Å². The molecule has 0 saturated carbocycles. The normalized spacial score (nSPS) is 11.2. The molecular formula is C27H27F5. The van der Waals surface area contributed by atoms with Crippen LogP contribution in [0, 0.1) is 29.1 Å². The van der Waals surface area contributed by atoms with E-state index in [1.54, 1.807) is 13.0 Å². The molecule has 170 valence electrons. The van der Waals surface area contributed by atoms with Gasteiger partial charge in [-0.05, 0) is 91.1 Å². The van der Waals surface area contributed by atoms with Crippen LogP contribution in [0.25, 0.3) is 0 Å². The first kappa shape index (κ1) is 24.0. The van der Waals surface area contributed by atoms with Crippen LogP contribution in [0.5, 0.6) is 0 Å². The molecule has 3 aromatic carbocycles. The highest BCUT2D eigenvalue weighted by Crippen LogP contribution is 2.22. The number of hydrogen-bond acceptors (Lipinski definition) is 0. The fraction of sp³-hybridized carbons (Fsp3) is 0.333. The molecule has 3 aromatic rings. The Morgan fingerprint density at radius 3 is 1.50 bits per heavy atom. The lowest BCUT2D eigenvalue weighted by molar-refractivity contribution is 0.546. The molecule has 0 nitrogen and oxygen atoms in total. The molecule has 0 N–H and O–H groups in total. The Balaban J connectivity index is 1.67. The molecule has 0 heterocycles.